The fraction of sp³-hybridized carbons (Fsp3) is 0.500. The maximum absolute atomic E-state index is 10.8. The van der Waals surface area contributed by atoms with Gasteiger partial charge in [0.25, 0.3) is 5.69 Å². The summed E-state index contributed by atoms with van der Waals surface area (Å²) in [4.78, 5) is 10.3. The normalized spacial score (nSPS) is 12.3. The lowest BCUT2D eigenvalue weighted by atomic mass is 9.98. The Bertz CT molecular complexity index is 421. The number of nitro benzene ring substituents is 1. The van der Waals surface area contributed by atoms with Crippen molar-refractivity contribution in [2.24, 2.45) is 17.7 Å². The summed E-state index contributed by atoms with van der Waals surface area (Å²) < 4.78 is 0. The van der Waals surface area contributed by atoms with Gasteiger partial charge < -0.3 is 10.7 Å². The Labute approximate surface area is 107 Å². The zero-order valence-corrected chi connectivity index (χ0v) is 10.9. The van der Waals surface area contributed by atoms with Crippen LogP contribution in [0.4, 0.5) is 17.1 Å². The van der Waals surface area contributed by atoms with Crippen LogP contribution < -0.4 is 16.6 Å². The van der Waals surface area contributed by atoms with Crippen molar-refractivity contribution in [2.75, 3.05) is 17.3 Å². The number of benzene rings is 1. The van der Waals surface area contributed by atoms with Crippen molar-refractivity contribution in [1.82, 2.24) is 0 Å². The molecular formula is C12H20N4O2. The molecule has 0 saturated heterocycles. The van der Waals surface area contributed by atoms with E-state index in [0.29, 0.717) is 23.2 Å². The minimum Gasteiger partial charge on any atom is -0.385 e. The van der Waals surface area contributed by atoms with Gasteiger partial charge in [-0.05, 0) is 17.9 Å². The third-order valence-electron chi connectivity index (χ3n) is 3.06. The fourth-order valence-corrected chi connectivity index (χ4v) is 1.42. The number of nitro groups is 1. The maximum Gasteiger partial charge on any atom is 0.273 e. The fourth-order valence-electron chi connectivity index (χ4n) is 1.42. The van der Waals surface area contributed by atoms with Crippen molar-refractivity contribution in [3.63, 3.8) is 0 Å². The minimum absolute atomic E-state index is 0.0187. The number of rotatable bonds is 6. The first-order valence-electron chi connectivity index (χ1n) is 5.94. The molecule has 0 aromatic heterocycles. The van der Waals surface area contributed by atoms with E-state index in [9.17, 15) is 10.1 Å². The van der Waals surface area contributed by atoms with Gasteiger partial charge in [0.15, 0.2) is 0 Å². The van der Waals surface area contributed by atoms with E-state index in [0.717, 1.165) is 6.54 Å². The molecule has 0 aliphatic heterocycles. The smallest absolute Gasteiger partial charge is 0.273 e. The van der Waals surface area contributed by atoms with Crippen LogP contribution in [0.2, 0.25) is 0 Å². The van der Waals surface area contributed by atoms with Crippen LogP contribution in [-0.4, -0.2) is 11.5 Å². The summed E-state index contributed by atoms with van der Waals surface area (Å²) in [7, 11) is 0. The second kappa shape index (κ2) is 6.20. The number of anilines is 2. The first-order chi connectivity index (χ1) is 8.43. The standard InChI is InChI=1S/C12H20N4O2/c1-8(2)9(3)7-14-10-4-11(15-13)6-12(5-10)16(17)18/h4-6,8-9,14-15H,7,13H2,1-3H3. The molecular weight excluding hydrogens is 232 g/mol. The Hall–Kier alpha value is -1.82. The first kappa shape index (κ1) is 14.2. The van der Waals surface area contributed by atoms with Gasteiger partial charge in [-0.2, -0.15) is 0 Å². The monoisotopic (exact) mass is 252 g/mol. The second-order valence-corrected chi connectivity index (χ2v) is 4.77. The van der Waals surface area contributed by atoms with E-state index in [1.54, 1.807) is 6.07 Å². The van der Waals surface area contributed by atoms with E-state index in [1.165, 1.54) is 12.1 Å². The number of nitrogen functional groups attached to an aromatic ring is 1. The lowest BCUT2D eigenvalue weighted by Gasteiger charge is -2.17. The minimum atomic E-state index is -0.433. The van der Waals surface area contributed by atoms with Crippen LogP contribution in [0, 0.1) is 22.0 Å². The van der Waals surface area contributed by atoms with Gasteiger partial charge in [0, 0.05) is 24.4 Å². The summed E-state index contributed by atoms with van der Waals surface area (Å²) in [6.07, 6.45) is 0. The molecule has 1 aromatic rings. The summed E-state index contributed by atoms with van der Waals surface area (Å²) in [6, 6.07) is 4.66. The topological polar surface area (TPSA) is 93.2 Å². The van der Waals surface area contributed by atoms with Crippen LogP contribution >= 0.6 is 0 Å². The van der Waals surface area contributed by atoms with Gasteiger partial charge in [-0.1, -0.05) is 20.8 Å². The Morgan fingerprint density at radius 1 is 1.28 bits per heavy atom. The second-order valence-electron chi connectivity index (χ2n) is 4.77. The van der Waals surface area contributed by atoms with Crippen LogP contribution in [0.15, 0.2) is 18.2 Å². The lowest BCUT2D eigenvalue weighted by molar-refractivity contribution is -0.384. The molecule has 0 aliphatic carbocycles. The number of hydrazine groups is 1. The molecule has 4 N–H and O–H groups in total. The average Bonchev–Trinajstić information content (AvgIpc) is 2.35. The van der Waals surface area contributed by atoms with Gasteiger partial charge >= 0.3 is 0 Å². The van der Waals surface area contributed by atoms with E-state index < -0.39 is 4.92 Å². The van der Waals surface area contributed by atoms with Crippen LogP contribution in [0.5, 0.6) is 0 Å². The number of nitrogens with zero attached hydrogens (tertiary/aromatic N) is 1. The largest absolute Gasteiger partial charge is 0.385 e. The van der Waals surface area contributed by atoms with Crippen LogP contribution in [0.3, 0.4) is 0 Å². The zero-order valence-electron chi connectivity index (χ0n) is 10.9. The highest BCUT2D eigenvalue weighted by atomic mass is 16.6. The van der Waals surface area contributed by atoms with Crippen molar-refractivity contribution in [3.05, 3.63) is 28.3 Å². The Morgan fingerprint density at radius 2 is 1.89 bits per heavy atom. The predicted octanol–water partition coefficient (Wildman–Crippen LogP) is 2.58. The molecule has 0 aliphatic rings. The first-order valence-corrected chi connectivity index (χ1v) is 5.94. The molecule has 18 heavy (non-hydrogen) atoms. The summed E-state index contributed by atoms with van der Waals surface area (Å²) in [6.45, 7) is 7.19. The van der Waals surface area contributed by atoms with Crippen molar-refractivity contribution in [2.45, 2.75) is 20.8 Å². The highest BCUT2D eigenvalue weighted by Gasteiger charge is 2.11. The maximum atomic E-state index is 10.8. The van der Waals surface area contributed by atoms with Crippen LogP contribution in [0.1, 0.15) is 20.8 Å². The van der Waals surface area contributed by atoms with Gasteiger partial charge in [0.2, 0.25) is 0 Å². The Balaban J connectivity index is 2.81. The van der Waals surface area contributed by atoms with Gasteiger partial charge in [0.1, 0.15) is 0 Å². The molecule has 0 amide bonds. The molecule has 1 unspecified atom stereocenters. The summed E-state index contributed by atoms with van der Waals surface area (Å²) in [5.41, 5.74) is 3.66. The van der Waals surface area contributed by atoms with E-state index in [2.05, 4.69) is 31.5 Å². The molecule has 100 valence electrons. The van der Waals surface area contributed by atoms with E-state index >= 15 is 0 Å². The number of nitrogens with two attached hydrogens (primary N) is 1. The van der Waals surface area contributed by atoms with Crippen molar-refractivity contribution < 1.29 is 4.92 Å². The molecule has 1 atom stereocenters. The number of hydrogen-bond acceptors (Lipinski definition) is 5. The van der Waals surface area contributed by atoms with E-state index in [-0.39, 0.29) is 5.69 Å². The molecule has 0 spiro atoms. The molecule has 0 saturated carbocycles. The third-order valence-corrected chi connectivity index (χ3v) is 3.06. The highest BCUT2D eigenvalue weighted by molar-refractivity contribution is 5.63. The molecule has 6 heteroatoms. The summed E-state index contributed by atoms with van der Waals surface area (Å²) >= 11 is 0. The molecule has 6 nitrogen and oxygen atoms in total. The number of hydrogen-bond donors (Lipinski definition) is 3. The molecule has 0 radical (unpaired) electrons. The average molecular weight is 252 g/mol. The van der Waals surface area contributed by atoms with Crippen molar-refractivity contribution in [3.8, 4) is 0 Å². The third kappa shape index (κ3) is 3.89. The van der Waals surface area contributed by atoms with Gasteiger partial charge in [0.05, 0.1) is 10.6 Å². The molecule has 0 bridgehead atoms. The molecule has 1 aromatic carbocycles. The number of non-ortho nitro benzene ring substituents is 1. The van der Waals surface area contributed by atoms with Gasteiger partial charge in [-0.15, -0.1) is 0 Å². The highest BCUT2D eigenvalue weighted by Crippen LogP contribution is 2.24. The number of nitrogens with one attached hydrogen (secondary N) is 2. The Morgan fingerprint density at radius 3 is 2.39 bits per heavy atom. The predicted molar refractivity (Wildman–Crippen MR) is 73.4 cm³/mol. The Kier molecular flexibility index (Phi) is 4.91. The van der Waals surface area contributed by atoms with E-state index in [1.807, 2.05) is 0 Å². The summed E-state index contributed by atoms with van der Waals surface area (Å²) in [5.74, 6) is 6.33. The van der Waals surface area contributed by atoms with E-state index in [4.69, 9.17) is 5.84 Å². The molecule has 0 heterocycles. The van der Waals surface area contributed by atoms with Crippen LogP contribution in [0.25, 0.3) is 0 Å². The quantitative estimate of drug-likeness (QED) is 0.411. The van der Waals surface area contributed by atoms with Crippen molar-refractivity contribution in [1.29, 1.82) is 0 Å². The van der Waals surface area contributed by atoms with Crippen LogP contribution in [-0.2, 0) is 0 Å². The summed E-state index contributed by atoms with van der Waals surface area (Å²) in [5, 5.41) is 14.0. The van der Waals surface area contributed by atoms with Crippen molar-refractivity contribution >= 4 is 17.1 Å². The van der Waals surface area contributed by atoms with Gasteiger partial charge in [-0.25, -0.2) is 0 Å². The molecule has 1 rings (SSSR count). The van der Waals surface area contributed by atoms with Gasteiger partial charge in [-0.3, -0.25) is 16.0 Å². The SMILES string of the molecule is CC(C)C(C)CNc1cc(NN)cc([N+](=O)[O-])c1. The molecule has 0 fully saturated rings. The zero-order chi connectivity index (χ0) is 13.7. The lowest BCUT2D eigenvalue weighted by Crippen LogP contribution is -2.16.